The molecule has 0 fully saturated rings. The Morgan fingerprint density at radius 3 is 1.71 bits per heavy atom. The minimum Gasteiger partial charge on any atom is -0.507 e. The molecule has 0 amide bonds. The average molecular weight is 322 g/mol. The van der Waals surface area contributed by atoms with Gasteiger partial charge in [-0.2, -0.15) is 0 Å². The van der Waals surface area contributed by atoms with Crippen LogP contribution in [-0.4, -0.2) is 15.1 Å². The van der Waals surface area contributed by atoms with Crippen LogP contribution < -0.4 is 5.73 Å². The lowest BCUT2D eigenvalue weighted by atomic mass is 9.95. The molecule has 6 nitrogen and oxygen atoms in total. The first-order valence-electron chi connectivity index (χ1n) is 7.14. The molecule has 0 aliphatic carbocycles. The van der Waals surface area contributed by atoms with E-state index in [1.807, 2.05) is 0 Å². The molecular weight excluding hydrogens is 308 g/mol. The third-order valence-electron chi connectivity index (χ3n) is 3.79. The number of aromatic hydroxyl groups is 2. The molecule has 0 unspecified atom stereocenters. The average Bonchev–Trinajstić information content (AvgIpc) is 2.55. The highest BCUT2D eigenvalue weighted by Crippen LogP contribution is 2.44. The van der Waals surface area contributed by atoms with Crippen LogP contribution >= 0.6 is 0 Å². The number of nitro benzene ring substituents is 1. The molecule has 3 rings (SSSR count). The van der Waals surface area contributed by atoms with Crippen LogP contribution in [0.1, 0.15) is 0 Å². The van der Waals surface area contributed by atoms with E-state index in [0.717, 1.165) is 0 Å². The number of anilines is 1. The van der Waals surface area contributed by atoms with E-state index < -0.39 is 4.92 Å². The van der Waals surface area contributed by atoms with Gasteiger partial charge in [0, 0.05) is 16.7 Å². The Hall–Kier alpha value is -3.54. The van der Waals surface area contributed by atoms with Gasteiger partial charge in [-0.1, -0.05) is 42.5 Å². The van der Waals surface area contributed by atoms with Crippen LogP contribution in [0, 0.1) is 10.1 Å². The zero-order valence-corrected chi connectivity index (χ0v) is 12.5. The molecule has 0 heterocycles. The molecule has 0 bridgehead atoms. The number of phenols is 2. The molecular formula is C18H14N2O4. The van der Waals surface area contributed by atoms with Crippen LogP contribution in [-0.2, 0) is 0 Å². The van der Waals surface area contributed by atoms with Gasteiger partial charge in [-0.25, -0.2) is 0 Å². The summed E-state index contributed by atoms with van der Waals surface area (Å²) in [7, 11) is 0. The largest absolute Gasteiger partial charge is 0.507 e. The van der Waals surface area contributed by atoms with Crippen molar-refractivity contribution >= 4 is 11.4 Å². The number of nitrogens with zero attached hydrogens (tertiary/aromatic N) is 1. The molecule has 3 aromatic carbocycles. The highest BCUT2D eigenvalue weighted by molar-refractivity contribution is 5.93. The van der Waals surface area contributed by atoms with Gasteiger partial charge in [0.15, 0.2) is 0 Å². The van der Waals surface area contributed by atoms with Crippen molar-refractivity contribution < 1.29 is 15.1 Å². The summed E-state index contributed by atoms with van der Waals surface area (Å²) in [5.41, 5.74) is 6.96. The summed E-state index contributed by atoms with van der Waals surface area (Å²) >= 11 is 0. The third kappa shape index (κ3) is 2.50. The maximum absolute atomic E-state index is 11.6. The molecule has 0 saturated heterocycles. The summed E-state index contributed by atoms with van der Waals surface area (Å²) in [5, 5.41) is 31.5. The Morgan fingerprint density at radius 1 is 0.750 bits per heavy atom. The van der Waals surface area contributed by atoms with Gasteiger partial charge in [0.2, 0.25) is 0 Å². The van der Waals surface area contributed by atoms with Crippen LogP contribution in [0.3, 0.4) is 0 Å². The third-order valence-corrected chi connectivity index (χ3v) is 3.79. The van der Waals surface area contributed by atoms with E-state index in [9.17, 15) is 20.3 Å². The van der Waals surface area contributed by atoms with Crippen LogP contribution in [0.2, 0.25) is 0 Å². The number of para-hydroxylation sites is 2. The van der Waals surface area contributed by atoms with Gasteiger partial charge in [0.25, 0.3) is 0 Å². The van der Waals surface area contributed by atoms with Crippen molar-refractivity contribution in [2.75, 3.05) is 5.73 Å². The van der Waals surface area contributed by atoms with Gasteiger partial charge in [0.1, 0.15) is 17.2 Å². The Bertz CT molecular complexity index is 938. The van der Waals surface area contributed by atoms with E-state index in [2.05, 4.69) is 0 Å². The Morgan fingerprint density at radius 2 is 1.21 bits per heavy atom. The van der Waals surface area contributed by atoms with Crippen LogP contribution in [0.15, 0.2) is 60.7 Å². The van der Waals surface area contributed by atoms with Gasteiger partial charge in [-0.05, 0) is 18.2 Å². The van der Waals surface area contributed by atoms with E-state index in [1.54, 1.807) is 42.5 Å². The van der Waals surface area contributed by atoms with Gasteiger partial charge in [-0.15, -0.1) is 0 Å². The van der Waals surface area contributed by atoms with Gasteiger partial charge < -0.3 is 15.9 Å². The topological polar surface area (TPSA) is 110 Å². The van der Waals surface area contributed by atoms with E-state index in [0.29, 0.717) is 16.7 Å². The summed E-state index contributed by atoms with van der Waals surface area (Å²) in [5.74, 6) is -0.0934. The fraction of sp³-hybridized carbons (Fsp3) is 0. The number of rotatable bonds is 3. The van der Waals surface area contributed by atoms with E-state index >= 15 is 0 Å². The quantitative estimate of drug-likeness (QED) is 0.384. The number of benzene rings is 3. The number of nitrogens with two attached hydrogens (primary N) is 1. The first kappa shape index (κ1) is 15.4. The number of nitrogen functional groups attached to an aromatic ring is 1. The summed E-state index contributed by atoms with van der Waals surface area (Å²) in [6.07, 6.45) is 0. The molecule has 0 radical (unpaired) electrons. The van der Waals surface area contributed by atoms with Crippen LogP contribution in [0.25, 0.3) is 22.3 Å². The van der Waals surface area contributed by atoms with E-state index in [-0.39, 0.29) is 28.4 Å². The smallest absolute Gasteiger partial charge is 0.300 e. The molecule has 24 heavy (non-hydrogen) atoms. The fourth-order valence-electron chi connectivity index (χ4n) is 2.66. The fourth-order valence-corrected chi connectivity index (χ4v) is 2.66. The normalized spacial score (nSPS) is 10.5. The predicted molar refractivity (Wildman–Crippen MR) is 91.7 cm³/mol. The van der Waals surface area contributed by atoms with Gasteiger partial charge in [-0.3, -0.25) is 10.1 Å². The highest BCUT2D eigenvalue weighted by Gasteiger charge is 2.25. The SMILES string of the molecule is Nc1c(-c2ccccc2O)ccc(-c2ccccc2O)c1[N+](=O)[O-]. The van der Waals surface area contributed by atoms with Crippen molar-refractivity contribution in [2.45, 2.75) is 0 Å². The Labute approximate surface area is 137 Å². The maximum atomic E-state index is 11.6. The monoisotopic (exact) mass is 322 g/mol. The molecule has 4 N–H and O–H groups in total. The zero-order valence-electron chi connectivity index (χ0n) is 12.5. The second-order valence-electron chi connectivity index (χ2n) is 5.21. The highest BCUT2D eigenvalue weighted by atomic mass is 16.6. The lowest BCUT2D eigenvalue weighted by Crippen LogP contribution is -2.01. The van der Waals surface area contributed by atoms with Crippen molar-refractivity contribution in [3.8, 4) is 33.8 Å². The second kappa shape index (κ2) is 5.92. The van der Waals surface area contributed by atoms with Crippen molar-refractivity contribution in [3.63, 3.8) is 0 Å². The van der Waals surface area contributed by atoms with Gasteiger partial charge >= 0.3 is 5.69 Å². The van der Waals surface area contributed by atoms with Crippen molar-refractivity contribution in [1.82, 2.24) is 0 Å². The van der Waals surface area contributed by atoms with E-state index in [1.165, 1.54) is 18.2 Å². The molecule has 0 atom stereocenters. The number of phenolic OH excluding ortho intramolecular Hbond substituents is 2. The maximum Gasteiger partial charge on any atom is 0.300 e. The molecule has 0 aliphatic heterocycles. The Kier molecular flexibility index (Phi) is 3.79. The molecule has 0 saturated carbocycles. The van der Waals surface area contributed by atoms with Crippen LogP contribution in [0.4, 0.5) is 11.4 Å². The van der Waals surface area contributed by atoms with Crippen LogP contribution in [0.5, 0.6) is 11.5 Å². The first-order valence-corrected chi connectivity index (χ1v) is 7.14. The summed E-state index contributed by atoms with van der Waals surface area (Å²) in [4.78, 5) is 11.0. The molecule has 3 aromatic rings. The minimum absolute atomic E-state index is 0.0196. The van der Waals surface area contributed by atoms with Crippen molar-refractivity contribution in [3.05, 3.63) is 70.8 Å². The molecule has 120 valence electrons. The molecule has 0 aromatic heterocycles. The van der Waals surface area contributed by atoms with E-state index in [4.69, 9.17) is 5.73 Å². The minimum atomic E-state index is -0.583. The number of hydrogen-bond donors (Lipinski definition) is 3. The second-order valence-corrected chi connectivity index (χ2v) is 5.21. The van der Waals surface area contributed by atoms with Crippen molar-refractivity contribution in [2.24, 2.45) is 0 Å². The number of hydrogen-bond acceptors (Lipinski definition) is 5. The predicted octanol–water partition coefficient (Wildman–Crippen LogP) is 3.92. The standard InChI is InChI=1S/C18H14N2O4/c19-17-13(11-5-1-3-7-15(11)21)9-10-14(18(17)20(23)24)12-6-2-4-8-16(12)22/h1-10,21-22H,19H2. The summed E-state index contributed by atoms with van der Waals surface area (Å²) < 4.78 is 0. The first-order chi connectivity index (χ1) is 11.5. The van der Waals surface area contributed by atoms with Crippen molar-refractivity contribution in [1.29, 1.82) is 0 Å². The molecule has 0 aliphatic rings. The van der Waals surface area contributed by atoms with Gasteiger partial charge in [0.05, 0.1) is 10.5 Å². The lowest BCUT2D eigenvalue weighted by Gasteiger charge is -2.12. The summed E-state index contributed by atoms with van der Waals surface area (Å²) in [6.45, 7) is 0. The lowest BCUT2D eigenvalue weighted by molar-refractivity contribution is -0.383. The molecule has 6 heteroatoms. The zero-order chi connectivity index (χ0) is 17.3. The summed E-state index contributed by atoms with van der Waals surface area (Å²) in [6, 6.07) is 15.9. The Balaban J connectivity index is 2.29. The molecule has 0 spiro atoms. The number of nitro groups is 1.